The molecule has 19 heavy (non-hydrogen) atoms. The molecule has 98 valence electrons. The number of hydrogen-bond donors (Lipinski definition) is 0. The predicted molar refractivity (Wildman–Crippen MR) is 81.7 cm³/mol. The molecule has 3 rings (SSSR count). The third-order valence-corrected chi connectivity index (χ3v) is 4.63. The monoisotopic (exact) mass is 291 g/mol. The zero-order valence-electron chi connectivity index (χ0n) is 10.7. The number of hydrogen-bond acceptors (Lipinski definition) is 4. The van der Waals surface area contributed by atoms with Gasteiger partial charge in [-0.3, -0.25) is 14.6 Å². The summed E-state index contributed by atoms with van der Waals surface area (Å²) in [5, 5.41) is 1.43. The average molecular weight is 291 g/mol. The zero-order valence-corrected chi connectivity index (χ0v) is 12.3. The van der Waals surface area contributed by atoms with Crippen molar-refractivity contribution in [2.45, 2.75) is 13.8 Å². The summed E-state index contributed by atoms with van der Waals surface area (Å²) in [5.41, 5.74) is 2.20. The number of anilines is 1. The second-order valence-electron chi connectivity index (χ2n) is 4.57. The van der Waals surface area contributed by atoms with Gasteiger partial charge in [-0.15, -0.1) is 0 Å². The lowest BCUT2D eigenvalue weighted by Gasteiger charge is -2.16. The Morgan fingerprint density at radius 2 is 2.21 bits per heavy atom. The fourth-order valence-electron chi connectivity index (χ4n) is 2.14. The molecule has 1 aliphatic rings. The molecule has 4 nitrogen and oxygen atoms in total. The number of thiazole rings is 1. The molecule has 1 aromatic carbocycles. The Balaban J connectivity index is 1.97. The molecular weight excluding hydrogens is 278 g/mol. The van der Waals surface area contributed by atoms with Gasteiger partial charge in [0.05, 0.1) is 10.2 Å². The molecule has 2 aromatic rings. The summed E-state index contributed by atoms with van der Waals surface area (Å²) in [4.78, 5) is 19.6. The van der Waals surface area contributed by atoms with Crippen LogP contribution in [0.5, 0.6) is 0 Å². The predicted octanol–water partition coefficient (Wildman–Crippen LogP) is 2.56. The second-order valence-corrected chi connectivity index (χ2v) is 5.95. The van der Waals surface area contributed by atoms with E-state index in [4.69, 9.17) is 12.2 Å². The van der Waals surface area contributed by atoms with Crippen molar-refractivity contribution >= 4 is 49.9 Å². The Labute approximate surface area is 120 Å². The van der Waals surface area contributed by atoms with E-state index < -0.39 is 0 Å². The van der Waals surface area contributed by atoms with E-state index in [1.54, 1.807) is 16.2 Å². The lowest BCUT2D eigenvalue weighted by molar-refractivity contribution is -0.124. The van der Waals surface area contributed by atoms with Gasteiger partial charge in [0, 0.05) is 20.0 Å². The number of carbonyl (C=O) groups is 1. The largest absolute Gasteiger partial charge is 0.292 e. The van der Waals surface area contributed by atoms with Crippen LogP contribution < -0.4 is 4.90 Å². The van der Waals surface area contributed by atoms with Crippen molar-refractivity contribution in [1.82, 2.24) is 9.88 Å². The van der Waals surface area contributed by atoms with Crippen molar-refractivity contribution in [2.75, 3.05) is 18.0 Å². The van der Waals surface area contributed by atoms with Crippen molar-refractivity contribution in [2.24, 2.45) is 0 Å². The van der Waals surface area contributed by atoms with E-state index in [0.29, 0.717) is 11.7 Å². The molecule has 0 saturated carbocycles. The van der Waals surface area contributed by atoms with E-state index in [0.717, 1.165) is 21.9 Å². The highest BCUT2D eigenvalue weighted by Gasteiger charge is 2.30. The molecule has 2 heterocycles. The maximum atomic E-state index is 11.4. The molecule has 6 heteroatoms. The van der Waals surface area contributed by atoms with E-state index in [2.05, 4.69) is 24.0 Å². The highest BCUT2D eigenvalue weighted by Crippen LogP contribution is 2.31. The van der Waals surface area contributed by atoms with Crippen molar-refractivity contribution < 1.29 is 4.79 Å². The third kappa shape index (κ3) is 2.11. The van der Waals surface area contributed by atoms with Crippen LogP contribution in [0, 0.1) is 6.92 Å². The van der Waals surface area contributed by atoms with Crippen LogP contribution in [0.4, 0.5) is 5.13 Å². The first-order valence-electron chi connectivity index (χ1n) is 6.03. The molecule has 0 atom stereocenters. The molecule has 0 unspecified atom stereocenters. The number of amides is 1. The lowest BCUT2D eigenvalue weighted by atomic mass is 10.2. The maximum absolute atomic E-state index is 11.4. The summed E-state index contributed by atoms with van der Waals surface area (Å²) in [6, 6.07) is 6.20. The topological polar surface area (TPSA) is 36.4 Å². The number of rotatable bonds is 1. The normalized spacial score (nSPS) is 15.6. The number of thiocarbonyl (C=S) groups is 1. The van der Waals surface area contributed by atoms with Gasteiger partial charge in [-0.25, -0.2) is 4.98 Å². The van der Waals surface area contributed by atoms with Gasteiger partial charge < -0.3 is 0 Å². The first-order chi connectivity index (χ1) is 9.06. The van der Waals surface area contributed by atoms with E-state index in [1.807, 2.05) is 11.0 Å². The molecule has 0 bridgehead atoms. The van der Waals surface area contributed by atoms with Crippen LogP contribution in [0.25, 0.3) is 10.2 Å². The zero-order chi connectivity index (χ0) is 13.6. The van der Waals surface area contributed by atoms with Crippen LogP contribution in [0.2, 0.25) is 0 Å². The van der Waals surface area contributed by atoms with E-state index in [-0.39, 0.29) is 5.91 Å². The Kier molecular flexibility index (Phi) is 2.99. The minimum absolute atomic E-state index is 0.00976. The Morgan fingerprint density at radius 1 is 1.42 bits per heavy atom. The first kappa shape index (κ1) is 12.5. The van der Waals surface area contributed by atoms with Gasteiger partial charge in [-0.2, -0.15) is 0 Å². The molecule has 0 aliphatic carbocycles. The van der Waals surface area contributed by atoms with Crippen LogP contribution in [0.3, 0.4) is 0 Å². The van der Waals surface area contributed by atoms with Crippen LogP contribution >= 0.6 is 23.6 Å². The molecular formula is C13H13N3OS2. The highest BCUT2D eigenvalue weighted by atomic mass is 32.1. The first-order valence-corrected chi connectivity index (χ1v) is 7.25. The molecule has 1 aromatic heterocycles. The molecule has 1 amide bonds. The smallest absolute Gasteiger partial charge is 0.225 e. The van der Waals surface area contributed by atoms with Gasteiger partial charge in [0.25, 0.3) is 0 Å². The number of aromatic nitrogens is 1. The summed E-state index contributed by atoms with van der Waals surface area (Å²) < 4.78 is 1.15. The lowest BCUT2D eigenvalue weighted by Crippen LogP contribution is -2.34. The quantitative estimate of drug-likeness (QED) is 0.757. The molecule has 1 fully saturated rings. The van der Waals surface area contributed by atoms with Gasteiger partial charge in [0.1, 0.15) is 0 Å². The average Bonchev–Trinajstić information content (AvgIpc) is 2.91. The maximum Gasteiger partial charge on any atom is 0.225 e. The summed E-state index contributed by atoms with van der Waals surface area (Å²) >= 11 is 6.96. The fraction of sp³-hybridized carbons (Fsp3) is 0.308. The number of aryl methyl sites for hydroxylation is 1. The van der Waals surface area contributed by atoms with Crippen molar-refractivity contribution in [3.05, 3.63) is 23.8 Å². The fourth-order valence-corrected chi connectivity index (χ4v) is 3.69. The van der Waals surface area contributed by atoms with Crippen molar-refractivity contribution in [1.29, 1.82) is 0 Å². The minimum Gasteiger partial charge on any atom is -0.292 e. The minimum atomic E-state index is -0.00976. The van der Waals surface area contributed by atoms with Crippen LogP contribution in [0.1, 0.15) is 12.5 Å². The Bertz CT molecular complexity index is 680. The molecule has 1 aliphatic heterocycles. The summed E-state index contributed by atoms with van der Waals surface area (Å²) in [5.74, 6) is -0.00976. The third-order valence-electron chi connectivity index (χ3n) is 3.15. The van der Waals surface area contributed by atoms with Gasteiger partial charge in [-0.05, 0) is 36.8 Å². The van der Waals surface area contributed by atoms with E-state index in [9.17, 15) is 4.79 Å². The van der Waals surface area contributed by atoms with Crippen LogP contribution in [0.15, 0.2) is 18.2 Å². The highest BCUT2D eigenvalue weighted by molar-refractivity contribution is 7.80. The molecule has 1 saturated heterocycles. The van der Waals surface area contributed by atoms with E-state index >= 15 is 0 Å². The number of fused-ring (bicyclic) bond motifs is 1. The van der Waals surface area contributed by atoms with Gasteiger partial charge in [0.2, 0.25) is 5.91 Å². The van der Waals surface area contributed by atoms with Gasteiger partial charge in [-0.1, -0.05) is 17.4 Å². The standard InChI is InChI=1S/C13H13N3OS2/c1-8-3-4-10-11(7-8)19-12(14-10)16-6-5-15(9(2)17)13(16)18/h3-4,7H,5-6H2,1-2H3. The molecule has 0 radical (unpaired) electrons. The van der Waals surface area contributed by atoms with Crippen LogP contribution in [-0.4, -0.2) is 34.0 Å². The summed E-state index contributed by atoms with van der Waals surface area (Å²) in [7, 11) is 0. The van der Waals surface area contributed by atoms with Crippen molar-refractivity contribution in [3.8, 4) is 0 Å². The van der Waals surface area contributed by atoms with Crippen LogP contribution in [-0.2, 0) is 4.79 Å². The van der Waals surface area contributed by atoms with Crippen molar-refractivity contribution in [3.63, 3.8) is 0 Å². The van der Waals surface area contributed by atoms with Gasteiger partial charge >= 0.3 is 0 Å². The second kappa shape index (κ2) is 4.54. The van der Waals surface area contributed by atoms with Gasteiger partial charge in [0.15, 0.2) is 10.2 Å². The molecule has 0 spiro atoms. The Hall–Kier alpha value is -1.53. The SMILES string of the molecule is CC(=O)N1CCN(c2nc3ccc(C)cc3s2)C1=S. The molecule has 0 N–H and O–H groups in total. The van der Waals surface area contributed by atoms with E-state index in [1.165, 1.54) is 12.5 Å². The number of nitrogens with zero attached hydrogens (tertiary/aromatic N) is 3. The summed E-state index contributed by atoms with van der Waals surface area (Å²) in [6.45, 7) is 4.97. The number of carbonyl (C=O) groups excluding carboxylic acids is 1. The number of benzene rings is 1. The Morgan fingerprint density at radius 3 is 2.89 bits per heavy atom. The summed E-state index contributed by atoms with van der Waals surface area (Å²) in [6.07, 6.45) is 0.